The summed E-state index contributed by atoms with van der Waals surface area (Å²) < 4.78 is 5.72. The summed E-state index contributed by atoms with van der Waals surface area (Å²) in [5, 5.41) is 0.669. The summed E-state index contributed by atoms with van der Waals surface area (Å²) in [5.74, 6) is 0.637. The molecule has 0 fully saturated rings. The van der Waals surface area contributed by atoms with Gasteiger partial charge in [0.2, 0.25) is 0 Å². The van der Waals surface area contributed by atoms with Crippen molar-refractivity contribution >= 4 is 17.5 Å². The third-order valence-electron chi connectivity index (χ3n) is 3.34. The van der Waals surface area contributed by atoms with Gasteiger partial charge < -0.3 is 9.64 Å². The lowest BCUT2D eigenvalue weighted by molar-refractivity contribution is -0.137. The van der Waals surface area contributed by atoms with Crippen molar-refractivity contribution in [2.24, 2.45) is 0 Å². The van der Waals surface area contributed by atoms with Crippen LogP contribution >= 0.6 is 11.6 Å². The topological polar surface area (TPSA) is 29.5 Å². The third kappa shape index (κ3) is 4.50. The molecule has 0 radical (unpaired) electrons. The highest BCUT2D eigenvalue weighted by Gasteiger charge is 2.19. The van der Waals surface area contributed by atoms with Crippen molar-refractivity contribution in [3.63, 3.8) is 0 Å². The van der Waals surface area contributed by atoms with E-state index >= 15 is 0 Å². The first-order valence-corrected chi connectivity index (χ1v) is 7.56. The maximum atomic E-state index is 12.4. The SMILES string of the molecule is Cc1cccc(OC(C)C(=O)N(C)Cc2cccc(Cl)c2)c1. The van der Waals surface area contributed by atoms with Gasteiger partial charge in [-0.05, 0) is 49.2 Å². The van der Waals surface area contributed by atoms with Crippen LogP contribution < -0.4 is 4.74 Å². The highest BCUT2D eigenvalue weighted by molar-refractivity contribution is 6.30. The standard InChI is InChI=1S/C18H20ClNO2/c1-13-6-4-9-17(10-13)22-14(2)18(21)20(3)12-15-7-5-8-16(19)11-15/h4-11,14H,12H2,1-3H3. The van der Waals surface area contributed by atoms with Crippen molar-refractivity contribution in [3.05, 3.63) is 64.7 Å². The molecule has 4 heteroatoms. The molecule has 0 aliphatic rings. The summed E-state index contributed by atoms with van der Waals surface area (Å²) in [6.45, 7) is 4.25. The fourth-order valence-corrected chi connectivity index (χ4v) is 2.45. The van der Waals surface area contributed by atoms with Gasteiger partial charge in [0.05, 0.1) is 0 Å². The summed E-state index contributed by atoms with van der Waals surface area (Å²) in [4.78, 5) is 14.0. The van der Waals surface area contributed by atoms with E-state index in [0.29, 0.717) is 17.3 Å². The summed E-state index contributed by atoms with van der Waals surface area (Å²) >= 11 is 5.96. The number of aryl methyl sites for hydroxylation is 1. The molecule has 0 aliphatic heterocycles. The minimum atomic E-state index is -0.536. The van der Waals surface area contributed by atoms with E-state index in [0.717, 1.165) is 11.1 Å². The van der Waals surface area contributed by atoms with E-state index in [-0.39, 0.29) is 5.91 Å². The molecule has 2 aromatic carbocycles. The number of hydrogen-bond acceptors (Lipinski definition) is 2. The number of benzene rings is 2. The van der Waals surface area contributed by atoms with E-state index in [4.69, 9.17) is 16.3 Å². The van der Waals surface area contributed by atoms with Gasteiger partial charge in [-0.1, -0.05) is 35.9 Å². The van der Waals surface area contributed by atoms with Gasteiger partial charge >= 0.3 is 0 Å². The lowest BCUT2D eigenvalue weighted by Gasteiger charge is -2.22. The lowest BCUT2D eigenvalue weighted by Crippen LogP contribution is -2.37. The van der Waals surface area contributed by atoms with Crippen LogP contribution in [0, 0.1) is 6.92 Å². The van der Waals surface area contributed by atoms with Crippen LogP contribution in [-0.4, -0.2) is 24.0 Å². The molecule has 0 heterocycles. The molecule has 1 atom stereocenters. The molecular formula is C18H20ClNO2. The van der Waals surface area contributed by atoms with Crippen LogP contribution in [0.3, 0.4) is 0 Å². The van der Waals surface area contributed by atoms with E-state index in [9.17, 15) is 4.79 Å². The number of ether oxygens (including phenoxy) is 1. The van der Waals surface area contributed by atoms with Gasteiger partial charge in [0.25, 0.3) is 5.91 Å². The van der Waals surface area contributed by atoms with Crippen molar-refractivity contribution in [1.29, 1.82) is 0 Å². The van der Waals surface area contributed by atoms with Crippen LogP contribution in [0.5, 0.6) is 5.75 Å². The lowest BCUT2D eigenvalue weighted by atomic mass is 10.2. The number of carbonyl (C=O) groups excluding carboxylic acids is 1. The van der Waals surface area contributed by atoms with Crippen LogP contribution in [0.15, 0.2) is 48.5 Å². The summed E-state index contributed by atoms with van der Waals surface area (Å²) in [5.41, 5.74) is 2.09. The van der Waals surface area contributed by atoms with Gasteiger partial charge in [-0.3, -0.25) is 4.79 Å². The van der Waals surface area contributed by atoms with Crippen LogP contribution in [0.4, 0.5) is 0 Å². The average molecular weight is 318 g/mol. The molecule has 2 rings (SSSR count). The number of hydrogen-bond donors (Lipinski definition) is 0. The maximum Gasteiger partial charge on any atom is 0.263 e. The quantitative estimate of drug-likeness (QED) is 0.831. The Morgan fingerprint density at radius 1 is 1.23 bits per heavy atom. The number of likely N-dealkylation sites (N-methyl/N-ethyl adjacent to an activating group) is 1. The predicted molar refractivity (Wildman–Crippen MR) is 89.2 cm³/mol. The zero-order valence-corrected chi connectivity index (χ0v) is 13.8. The monoisotopic (exact) mass is 317 g/mol. The number of halogens is 1. The number of nitrogens with zero attached hydrogens (tertiary/aromatic N) is 1. The van der Waals surface area contributed by atoms with E-state index in [1.807, 2.05) is 55.5 Å². The Labute approximate surface area is 136 Å². The Morgan fingerprint density at radius 3 is 2.64 bits per heavy atom. The molecule has 0 aromatic heterocycles. The zero-order chi connectivity index (χ0) is 16.1. The van der Waals surface area contributed by atoms with Crippen molar-refractivity contribution in [2.75, 3.05) is 7.05 Å². The molecule has 0 spiro atoms. The third-order valence-corrected chi connectivity index (χ3v) is 3.57. The Balaban J connectivity index is 1.97. The summed E-state index contributed by atoms with van der Waals surface area (Å²) in [7, 11) is 1.76. The second-order valence-electron chi connectivity index (χ2n) is 5.40. The van der Waals surface area contributed by atoms with Crippen LogP contribution in [0.1, 0.15) is 18.1 Å². The summed E-state index contributed by atoms with van der Waals surface area (Å²) in [6, 6.07) is 15.2. The Bertz CT molecular complexity index is 602. The molecule has 1 amide bonds. The van der Waals surface area contributed by atoms with E-state index in [1.54, 1.807) is 18.9 Å². The molecule has 0 N–H and O–H groups in total. The molecule has 1 unspecified atom stereocenters. The fraction of sp³-hybridized carbons (Fsp3) is 0.278. The smallest absolute Gasteiger partial charge is 0.263 e. The average Bonchev–Trinajstić information content (AvgIpc) is 2.46. The first-order valence-electron chi connectivity index (χ1n) is 7.18. The Hall–Kier alpha value is -2.00. The highest BCUT2D eigenvalue weighted by Crippen LogP contribution is 2.16. The van der Waals surface area contributed by atoms with Crippen LogP contribution in [-0.2, 0) is 11.3 Å². The Kier molecular flexibility index (Phi) is 5.45. The molecule has 0 bridgehead atoms. The summed E-state index contributed by atoms with van der Waals surface area (Å²) in [6.07, 6.45) is -0.536. The molecule has 22 heavy (non-hydrogen) atoms. The highest BCUT2D eigenvalue weighted by atomic mass is 35.5. The molecule has 116 valence electrons. The normalized spacial score (nSPS) is 11.8. The Morgan fingerprint density at radius 2 is 1.95 bits per heavy atom. The van der Waals surface area contributed by atoms with Crippen molar-refractivity contribution < 1.29 is 9.53 Å². The van der Waals surface area contributed by atoms with Gasteiger partial charge in [0, 0.05) is 18.6 Å². The fourth-order valence-electron chi connectivity index (χ4n) is 2.24. The molecule has 2 aromatic rings. The van der Waals surface area contributed by atoms with Crippen LogP contribution in [0.2, 0.25) is 5.02 Å². The first-order chi connectivity index (χ1) is 10.5. The molecule has 0 aliphatic carbocycles. The van der Waals surface area contributed by atoms with Crippen molar-refractivity contribution in [2.45, 2.75) is 26.5 Å². The predicted octanol–water partition coefficient (Wildman–Crippen LogP) is 4.07. The van der Waals surface area contributed by atoms with Crippen molar-refractivity contribution in [1.82, 2.24) is 4.90 Å². The number of rotatable bonds is 5. The molecule has 0 saturated carbocycles. The molecule has 3 nitrogen and oxygen atoms in total. The molecular weight excluding hydrogens is 298 g/mol. The minimum Gasteiger partial charge on any atom is -0.481 e. The van der Waals surface area contributed by atoms with E-state index in [2.05, 4.69) is 0 Å². The minimum absolute atomic E-state index is 0.0681. The van der Waals surface area contributed by atoms with E-state index in [1.165, 1.54) is 0 Å². The van der Waals surface area contributed by atoms with Crippen molar-refractivity contribution in [3.8, 4) is 5.75 Å². The number of amides is 1. The van der Waals surface area contributed by atoms with Gasteiger partial charge in [0.1, 0.15) is 5.75 Å². The largest absolute Gasteiger partial charge is 0.481 e. The second kappa shape index (κ2) is 7.32. The first kappa shape index (κ1) is 16.4. The van der Waals surface area contributed by atoms with Gasteiger partial charge in [-0.15, -0.1) is 0 Å². The maximum absolute atomic E-state index is 12.4. The van der Waals surface area contributed by atoms with Gasteiger partial charge in [-0.25, -0.2) is 0 Å². The number of carbonyl (C=O) groups is 1. The van der Waals surface area contributed by atoms with Gasteiger partial charge in [0.15, 0.2) is 6.10 Å². The van der Waals surface area contributed by atoms with Gasteiger partial charge in [-0.2, -0.15) is 0 Å². The zero-order valence-electron chi connectivity index (χ0n) is 13.0. The van der Waals surface area contributed by atoms with E-state index < -0.39 is 6.10 Å². The molecule has 0 saturated heterocycles. The van der Waals surface area contributed by atoms with Crippen LogP contribution in [0.25, 0.3) is 0 Å². The second-order valence-corrected chi connectivity index (χ2v) is 5.84.